The molecule has 19 nitrogen and oxygen atoms in total. The monoisotopic (exact) mass is 948 g/mol. The summed E-state index contributed by atoms with van der Waals surface area (Å²) in [4.78, 5) is 41.2. The number of aliphatic hydroxyl groups is 3. The molecule has 0 spiro atoms. The first-order valence-electron chi connectivity index (χ1n) is 20.1. The number of carbonyl (C=O) groups is 3. The number of aliphatic hydroxyl groups excluding tert-OH is 3. The first-order valence-corrected chi connectivity index (χ1v) is 21.2. The van der Waals surface area contributed by atoms with Gasteiger partial charge in [0.2, 0.25) is 5.91 Å². The third-order valence-electron chi connectivity index (χ3n) is 10.6. The molecular weight excluding hydrogens is 901 g/mol. The summed E-state index contributed by atoms with van der Waals surface area (Å²) in [6.45, 7) is 0.477. The average molecular weight is 949 g/mol. The van der Waals surface area contributed by atoms with Gasteiger partial charge in [-0.3, -0.25) is 4.79 Å². The van der Waals surface area contributed by atoms with Crippen molar-refractivity contribution in [3.05, 3.63) is 64.7 Å². The van der Waals surface area contributed by atoms with Crippen LogP contribution in [0.3, 0.4) is 0 Å². The SMILES string of the molecule is O=C(CCCC[C@@H]1SC[C@@H]2NC(=O)N[C@@H]21)NCCOCCOCCOc1cc(C2(C(F)(F)F)N=N2)ccc1CO/N=C\[C@H]1O[C@@H](/C(=C\c2ccc([O-])cc2)C(=O)O)[C@H](O)[C@@H](O)[C@H]1O.[K+]. The van der Waals surface area contributed by atoms with Gasteiger partial charge in [0.15, 0.2) is 0 Å². The molecule has 0 bridgehead atoms. The second kappa shape index (κ2) is 23.9. The number of nitrogens with zero attached hydrogens (tertiary/aromatic N) is 3. The predicted molar refractivity (Wildman–Crippen MR) is 215 cm³/mol. The second-order valence-electron chi connectivity index (χ2n) is 15.0. The number of nitrogens with one attached hydrogen (secondary N) is 3. The van der Waals surface area contributed by atoms with Gasteiger partial charge in [0, 0.05) is 35.1 Å². The topological polar surface area (TPSA) is 275 Å². The van der Waals surface area contributed by atoms with E-state index in [2.05, 4.69) is 31.3 Å². The molecule has 3 amide bonds. The Balaban J connectivity index is 0.00000771. The number of aliphatic carboxylic acids is 1. The summed E-state index contributed by atoms with van der Waals surface area (Å²) in [5.74, 6) is -1.05. The summed E-state index contributed by atoms with van der Waals surface area (Å²) in [5.41, 5.74) is -3.01. The summed E-state index contributed by atoms with van der Waals surface area (Å²) in [7, 11) is 0. The molecule has 344 valence electrons. The number of fused-ring (bicyclic) bond motifs is 1. The molecule has 24 heteroatoms. The summed E-state index contributed by atoms with van der Waals surface area (Å²) < 4.78 is 63.9. The van der Waals surface area contributed by atoms with Crippen molar-refractivity contribution in [2.75, 3.05) is 45.3 Å². The molecule has 64 heavy (non-hydrogen) atoms. The molecule has 4 heterocycles. The van der Waals surface area contributed by atoms with E-state index in [9.17, 15) is 53.1 Å². The smallest absolute Gasteiger partial charge is 0.872 e. The van der Waals surface area contributed by atoms with Crippen LogP contribution in [0.1, 0.15) is 42.4 Å². The van der Waals surface area contributed by atoms with Crippen molar-refractivity contribution in [3.63, 3.8) is 0 Å². The first kappa shape index (κ1) is 51.6. The number of thioether (sulfide) groups is 1. The number of hydrogen-bond donors (Lipinski definition) is 7. The average Bonchev–Trinajstić information content (AvgIpc) is 3.89. The minimum absolute atomic E-state index is 0. The van der Waals surface area contributed by atoms with Crippen LogP contribution in [0.15, 0.2) is 63.4 Å². The molecule has 6 rings (SSSR count). The van der Waals surface area contributed by atoms with E-state index in [1.165, 1.54) is 30.3 Å². The van der Waals surface area contributed by atoms with Gasteiger partial charge < -0.3 is 65.3 Å². The number of hydrogen-bond acceptors (Lipinski definition) is 16. The number of carbonyl (C=O) groups excluding carboxylic acids is 2. The van der Waals surface area contributed by atoms with Gasteiger partial charge in [-0.25, -0.2) is 9.59 Å². The number of carboxylic acid groups (broad SMARTS) is 1. The molecule has 2 aromatic rings. The molecule has 0 saturated carbocycles. The van der Waals surface area contributed by atoms with Crippen LogP contribution >= 0.6 is 11.8 Å². The number of benzene rings is 2. The molecule has 8 atom stereocenters. The zero-order valence-electron chi connectivity index (χ0n) is 34.6. The third kappa shape index (κ3) is 13.6. The molecule has 0 unspecified atom stereocenters. The van der Waals surface area contributed by atoms with Crippen LogP contribution in [-0.4, -0.2) is 144 Å². The van der Waals surface area contributed by atoms with Crippen LogP contribution in [0, 0.1) is 0 Å². The molecule has 0 aliphatic carbocycles. The minimum atomic E-state index is -4.81. The number of carboxylic acids is 1. The Labute approximate surface area is 412 Å². The zero-order chi connectivity index (χ0) is 45.1. The molecule has 7 N–H and O–H groups in total. The Bertz CT molecular complexity index is 2000. The van der Waals surface area contributed by atoms with Crippen molar-refractivity contribution in [2.24, 2.45) is 15.4 Å². The Hall–Kier alpha value is -3.40. The number of ether oxygens (including phenoxy) is 4. The number of oxime groups is 1. The fourth-order valence-corrected chi connectivity index (χ4v) is 8.67. The molecule has 4 aliphatic heterocycles. The molecule has 0 radical (unpaired) electrons. The van der Waals surface area contributed by atoms with Crippen LogP contribution in [-0.2, 0) is 40.9 Å². The largest absolute Gasteiger partial charge is 1.00 e. The van der Waals surface area contributed by atoms with Crippen LogP contribution in [0.4, 0.5) is 18.0 Å². The normalized spacial score (nSPS) is 25.8. The molecule has 3 fully saturated rings. The Kier molecular flexibility index (Phi) is 19.2. The van der Waals surface area contributed by atoms with Crippen molar-refractivity contribution in [1.29, 1.82) is 0 Å². The van der Waals surface area contributed by atoms with Gasteiger partial charge in [-0.15, -0.1) is 16.0 Å². The van der Waals surface area contributed by atoms with E-state index in [4.69, 9.17) is 23.8 Å². The number of amides is 3. The summed E-state index contributed by atoms with van der Waals surface area (Å²) in [6, 6.07) is 8.87. The maximum atomic E-state index is 13.8. The number of unbranched alkanes of at least 4 members (excludes halogenated alkanes) is 1. The third-order valence-corrected chi connectivity index (χ3v) is 12.1. The maximum Gasteiger partial charge on any atom is 1.00 e. The van der Waals surface area contributed by atoms with E-state index in [1.54, 1.807) is 0 Å². The minimum Gasteiger partial charge on any atom is -0.872 e. The van der Waals surface area contributed by atoms with Crippen molar-refractivity contribution >= 4 is 42.0 Å². The summed E-state index contributed by atoms with van der Waals surface area (Å²) in [6.07, 6.45) is -8.49. The number of alkyl halides is 3. The van der Waals surface area contributed by atoms with E-state index in [0.29, 0.717) is 18.2 Å². The van der Waals surface area contributed by atoms with Crippen LogP contribution in [0.5, 0.6) is 11.5 Å². The van der Waals surface area contributed by atoms with E-state index in [1.807, 2.05) is 11.8 Å². The van der Waals surface area contributed by atoms with E-state index in [0.717, 1.165) is 49.4 Å². The molecular formula is C40H48F3KN6O13S. The Morgan fingerprint density at radius 2 is 1.72 bits per heavy atom. The van der Waals surface area contributed by atoms with Gasteiger partial charge in [0.25, 0.3) is 0 Å². The van der Waals surface area contributed by atoms with Gasteiger partial charge >= 0.3 is 75.2 Å². The number of rotatable bonds is 23. The standard InChI is InChI=1S/C40H49F3N6O13S.K/c41-40(42,43)39(48-49-39)24-8-7-23(20-61-45-19-29-33(52)34(53)35(54)36(62-29)26(37(55)56)17-22-5-9-25(50)10-6-22)28(18-24)60-16-15-59-14-13-58-12-11-44-31(51)4-2-1-3-30-32-27(21-63-30)46-38(57)47-32;/h5-10,17-19,27,29-30,32-36,50,52-54H,1-4,11-16,20-21H2,(H,44,51)(H,55,56)(H2,46,47,57);/q;+1/p-1/b26-17+,45-19-;/t27-,29+,30-,32-,33-,34-,35+,36-;/m0./s1. The van der Waals surface area contributed by atoms with Gasteiger partial charge in [-0.1, -0.05) is 48.0 Å². The van der Waals surface area contributed by atoms with Crippen LogP contribution < -0.4 is 77.2 Å². The molecule has 4 aliphatic rings. The summed E-state index contributed by atoms with van der Waals surface area (Å²) >= 11 is 1.84. The molecule has 3 saturated heterocycles. The predicted octanol–water partition coefficient (Wildman–Crippen LogP) is -1.28. The van der Waals surface area contributed by atoms with E-state index < -0.39 is 53.9 Å². The van der Waals surface area contributed by atoms with Gasteiger partial charge in [0.05, 0.1) is 50.3 Å². The van der Waals surface area contributed by atoms with Crippen molar-refractivity contribution in [1.82, 2.24) is 16.0 Å². The van der Waals surface area contributed by atoms with Crippen molar-refractivity contribution < 1.29 is 128 Å². The zero-order valence-corrected chi connectivity index (χ0v) is 38.6. The number of urea groups is 1. The van der Waals surface area contributed by atoms with Gasteiger partial charge in [-0.2, -0.15) is 24.9 Å². The number of halogens is 3. The Morgan fingerprint density at radius 1 is 1.00 bits per heavy atom. The summed E-state index contributed by atoms with van der Waals surface area (Å²) in [5, 5.41) is 72.3. The first-order chi connectivity index (χ1) is 30.2. The van der Waals surface area contributed by atoms with Gasteiger partial charge in [-0.05, 0) is 30.5 Å². The Morgan fingerprint density at radius 3 is 2.42 bits per heavy atom. The molecule has 2 aromatic carbocycles. The van der Waals surface area contributed by atoms with Gasteiger partial charge in [0.1, 0.15) is 49.5 Å². The second-order valence-corrected chi connectivity index (χ2v) is 16.3. The maximum absolute atomic E-state index is 13.8. The fourth-order valence-electron chi connectivity index (χ4n) is 7.13. The van der Waals surface area contributed by atoms with E-state index in [-0.39, 0.29) is 143 Å². The van der Waals surface area contributed by atoms with Crippen LogP contribution in [0.2, 0.25) is 0 Å². The van der Waals surface area contributed by atoms with Crippen LogP contribution in [0.25, 0.3) is 6.08 Å². The fraction of sp³-hybridized carbons (Fsp3) is 0.550. The van der Waals surface area contributed by atoms with E-state index >= 15 is 0 Å². The molecule has 0 aromatic heterocycles. The quantitative estimate of drug-likeness (QED) is 0.0171. The van der Waals surface area contributed by atoms with Crippen molar-refractivity contribution in [3.8, 4) is 11.5 Å². The van der Waals surface area contributed by atoms with Crippen molar-refractivity contribution in [2.45, 2.75) is 92.0 Å².